The van der Waals surface area contributed by atoms with E-state index in [4.69, 9.17) is 12.2 Å². The van der Waals surface area contributed by atoms with Gasteiger partial charge in [0.1, 0.15) is 17.3 Å². The lowest BCUT2D eigenvalue weighted by atomic mass is 10.1. The number of halogens is 2. The maximum Gasteiger partial charge on any atom is 0.175 e. The number of benzene rings is 2. The van der Waals surface area contributed by atoms with E-state index in [1.54, 1.807) is 0 Å². The Bertz CT molecular complexity index is 764. The van der Waals surface area contributed by atoms with E-state index in [2.05, 4.69) is 22.1 Å². The third kappa shape index (κ3) is 4.14. The molecule has 0 aliphatic carbocycles. The molecule has 0 aromatic heterocycles. The van der Waals surface area contributed by atoms with Gasteiger partial charge in [0.25, 0.3) is 0 Å². The van der Waals surface area contributed by atoms with Crippen LogP contribution in [0, 0.1) is 11.6 Å². The summed E-state index contributed by atoms with van der Waals surface area (Å²) in [5.41, 5.74) is 2.32. The van der Waals surface area contributed by atoms with Gasteiger partial charge in [-0.3, -0.25) is 0 Å². The Hall–Kier alpha value is -2.47. The summed E-state index contributed by atoms with van der Waals surface area (Å²) >= 11 is 5.12. The highest BCUT2D eigenvalue weighted by molar-refractivity contribution is 7.80. The zero-order valence-corrected chi connectivity index (χ0v) is 14.5. The molecule has 2 aromatic carbocycles. The molecule has 2 N–H and O–H groups in total. The molecular weight excluding hydrogens is 340 g/mol. The zero-order chi connectivity index (χ0) is 17.8. The molecule has 0 radical (unpaired) electrons. The summed E-state index contributed by atoms with van der Waals surface area (Å²) in [6, 6.07) is 11.6. The number of nitrogens with one attached hydrogen (secondary N) is 2. The Morgan fingerprint density at radius 2 is 1.60 bits per heavy atom. The molecule has 1 aliphatic heterocycles. The fourth-order valence-corrected chi connectivity index (χ4v) is 3.05. The summed E-state index contributed by atoms with van der Waals surface area (Å²) in [5.74, 6) is -1.41. The highest BCUT2D eigenvalue weighted by Gasteiger charge is 2.13. The first-order valence-corrected chi connectivity index (χ1v) is 8.52. The molecule has 0 atom stereocenters. The van der Waals surface area contributed by atoms with Crippen LogP contribution in [-0.4, -0.2) is 18.2 Å². The minimum atomic E-state index is -0.704. The van der Waals surface area contributed by atoms with Crippen molar-refractivity contribution in [2.75, 3.05) is 23.3 Å². The molecule has 130 valence electrons. The average Bonchev–Trinajstić information content (AvgIpc) is 3.13. The van der Waals surface area contributed by atoms with Crippen LogP contribution in [0.25, 0.3) is 5.70 Å². The van der Waals surface area contributed by atoms with Gasteiger partial charge in [-0.1, -0.05) is 24.8 Å². The van der Waals surface area contributed by atoms with Gasteiger partial charge in [0.05, 0.1) is 0 Å². The van der Waals surface area contributed by atoms with Gasteiger partial charge >= 0.3 is 0 Å². The quantitative estimate of drug-likeness (QED) is 0.785. The van der Waals surface area contributed by atoms with E-state index in [1.807, 2.05) is 24.3 Å². The lowest BCUT2D eigenvalue weighted by molar-refractivity contribution is 0.591. The Labute approximate surface area is 151 Å². The summed E-state index contributed by atoms with van der Waals surface area (Å²) in [6.07, 6.45) is 2.45. The molecule has 2 aromatic rings. The first-order valence-electron chi connectivity index (χ1n) is 8.11. The van der Waals surface area contributed by atoms with Gasteiger partial charge in [0.2, 0.25) is 0 Å². The van der Waals surface area contributed by atoms with E-state index in [9.17, 15) is 8.78 Å². The minimum Gasteiger partial charge on any atom is -0.372 e. The third-order valence-electron chi connectivity index (χ3n) is 4.15. The summed E-state index contributed by atoms with van der Waals surface area (Å²) in [5, 5.41) is 5.48. The number of rotatable bonds is 4. The van der Waals surface area contributed by atoms with Crippen molar-refractivity contribution in [3.8, 4) is 0 Å². The van der Waals surface area contributed by atoms with Crippen LogP contribution in [0.2, 0.25) is 0 Å². The van der Waals surface area contributed by atoms with E-state index in [0.29, 0.717) is 5.70 Å². The fraction of sp³-hybridized carbons (Fsp3) is 0.211. The van der Waals surface area contributed by atoms with Gasteiger partial charge < -0.3 is 15.5 Å². The predicted octanol–water partition coefficient (Wildman–Crippen LogP) is 4.52. The average molecular weight is 359 g/mol. The molecule has 0 spiro atoms. The summed E-state index contributed by atoms with van der Waals surface area (Å²) < 4.78 is 27.3. The first-order chi connectivity index (χ1) is 12.0. The molecule has 3 rings (SSSR count). The van der Waals surface area contributed by atoms with Gasteiger partial charge in [-0.15, -0.1) is 0 Å². The van der Waals surface area contributed by atoms with Crippen LogP contribution in [0.3, 0.4) is 0 Å². The van der Waals surface area contributed by atoms with Gasteiger partial charge in [-0.25, -0.2) is 8.78 Å². The molecule has 1 fully saturated rings. The van der Waals surface area contributed by atoms with E-state index in [1.165, 1.54) is 36.7 Å². The molecule has 1 heterocycles. The lowest BCUT2D eigenvalue weighted by Crippen LogP contribution is -2.27. The Morgan fingerprint density at radius 3 is 2.20 bits per heavy atom. The molecule has 1 aliphatic rings. The summed E-state index contributed by atoms with van der Waals surface area (Å²) in [4.78, 5) is 2.34. The number of thiocarbonyl (C=S) groups is 1. The second-order valence-corrected chi connectivity index (χ2v) is 6.30. The Balaban J connectivity index is 1.62. The molecule has 0 saturated carbocycles. The number of para-hydroxylation sites is 1. The van der Waals surface area contributed by atoms with Gasteiger partial charge in [0.15, 0.2) is 5.11 Å². The van der Waals surface area contributed by atoms with Crippen molar-refractivity contribution in [1.82, 2.24) is 5.32 Å². The Morgan fingerprint density at radius 1 is 1.00 bits per heavy atom. The van der Waals surface area contributed by atoms with Gasteiger partial charge in [-0.05, 0) is 54.9 Å². The molecule has 0 amide bonds. The molecule has 1 saturated heterocycles. The molecule has 0 unspecified atom stereocenters. The maximum absolute atomic E-state index is 13.6. The van der Waals surface area contributed by atoms with Crippen LogP contribution in [0.1, 0.15) is 18.4 Å². The van der Waals surface area contributed by atoms with Crippen LogP contribution in [0.15, 0.2) is 49.0 Å². The predicted molar refractivity (Wildman–Crippen MR) is 103 cm³/mol. The minimum absolute atomic E-state index is 0.0811. The Kier molecular flexibility index (Phi) is 5.28. The normalized spacial score (nSPS) is 13.6. The van der Waals surface area contributed by atoms with Crippen LogP contribution in [0.5, 0.6) is 0 Å². The van der Waals surface area contributed by atoms with Gasteiger partial charge in [0, 0.05) is 24.5 Å². The highest BCUT2D eigenvalue weighted by Crippen LogP contribution is 2.22. The van der Waals surface area contributed by atoms with E-state index in [-0.39, 0.29) is 10.8 Å². The standard InChI is InChI=1S/C19H19F2N3S/c1-13(14-7-9-15(10-8-14)24-11-2-3-12-24)22-19(25)23-18-16(20)5-4-6-17(18)21/h4-10H,1-3,11-12H2,(H2,22,23,25). The van der Waals surface area contributed by atoms with E-state index >= 15 is 0 Å². The largest absolute Gasteiger partial charge is 0.372 e. The third-order valence-corrected chi connectivity index (χ3v) is 4.36. The van der Waals surface area contributed by atoms with E-state index < -0.39 is 11.6 Å². The molecule has 0 bridgehead atoms. The van der Waals surface area contributed by atoms with Crippen molar-refractivity contribution >= 4 is 34.4 Å². The van der Waals surface area contributed by atoms with Crippen LogP contribution >= 0.6 is 12.2 Å². The molecule has 3 nitrogen and oxygen atoms in total. The highest BCUT2D eigenvalue weighted by atomic mass is 32.1. The first kappa shape index (κ1) is 17.4. The number of nitrogens with zero attached hydrogens (tertiary/aromatic N) is 1. The van der Waals surface area contributed by atoms with Crippen LogP contribution in [0.4, 0.5) is 20.2 Å². The topological polar surface area (TPSA) is 27.3 Å². The number of hydrogen-bond donors (Lipinski definition) is 2. The maximum atomic E-state index is 13.6. The summed E-state index contributed by atoms with van der Waals surface area (Å²) in [6.45, 7) is 6.11. The van der Waals surface area contributed by atoms with E-state index in [0.717, 1.165) is 18.7 Å². The van der Waals surface area contributed by atoms with Crippen molar-refractivity contribution < 1.29 is 8.78 Å². The second-order valence-electron chi connectivity index (χ2n) is 5.90. The SMILES string of the molecule is C=C(NC(=S)Nc1c(F)cccc1F)c1ccc(N2CCCC2)cc1. The van der Waals surface area contributed by atoms with Crippen molar-refractivity contribution in [1.29, 1.82) is 0 Å². The van der Waals surface area contributed by atoms with Crippen molar-refractivity contribution in [2.45, 2.75) is 12.8 Å². The molecular formula is C19H19F2N3S. The van der Waals surface area contributed by atoms with Crippen molar-refractivity contribution in [3.05, 3.63) is 66.2 Å². The summed E-state index contributed by atoms with van der Waals surface area (Å²) in [7, 11) is 0. The monoisotopic (exact) mass is 359 g/mol. The smallest absolute Gasteiger partial charge is 0.175 e. The van der Waals surface area contributed by atoms with Crippen molar-refractivity contribution in [2.24, 2.45) is 0 Å². The van der Waals surface area contributed by atoms with Crippen molar-refractivity contribution in [3.63, 3.8) is 0 Å². The molecule has 25 heavy (non-hydrogen) atoms. The zero-order valence-electron chi connectivity index (χ0n) is 13.7. The van der Waals surface area contributed by atoms with Crippen LogP contribution in [-0.2, 0) is 0 Å². The fourth-order valence-electron chi connectivity index (χ4n) is 2.82. The molecule has 6 heteroatoms. The van der Waals surface area contributed by atoms with Gasteiger partial charge in [-0.2, -0.15) is 0 Å². The number of hydrogen-bond acceptors (Lipinski definition) is 2. The number of anilines is 2. The lowest BCUT2D eigenvalue weighted by Gasteiger charge is -2.18. The second kappa shape index (κ2) is 7.61. The van der Waals surface area contributed by atoms with Crippen LogP contribution < -0.4 is 15.5 Å².